The lowest BCUT2D eigenvalue weighted by Gasteiger charge is -2.09. The third-order valence-corrected chi connectivity index (χ3v) is 4.54. The molecule has 0 atom stereocenters. The fourth-order valence-corrected chi connectivity index (χ4v) is 3.17. The normalized spacial score (nSPS) is 15.0. The van der Waals surface area contributed by atoms with Crippen LogP contribution in [0, 0.1) is 6.92 Å². The van der Waals surface area contributed by atoms with E-state index < -0.39 is 0 Å². The Hall–Kier alpha value is -2.70. The average molecular weight is 323 g/mol. The van der Waals surface area contributed by atoms with Crippen molar-refractivity contribution in [1.82, 2.24) is 30.0 Å². The van der Waals surface area contributed by atoms with Crippen molar-refractivity contribution >= 4 is 5.95 Å². The van der Waals surface area contributed by atoms with Crippen LogP contribution in [0.1, 0.15) is 43.0 Å². The number of hydrogen-bond acceptors (Lipinski definition) is 5. The van der Waals surface area contributed by atoms with Gasteiger partial charge in [0.25, 0.3) is 0 Å². The summed E-state index contributed by atoms with van der Waals surface area (Å²) >= 11 is 0. The first-order valence-corrected chi connectivity index (χ1v) is 8.43. The number of anilines is 1. The zero-order valence-electron chi connectivity index (χ0n) is 13.8. The standard InChI is InChI=1S/C17H21N7/c1-13-6-8-16(9-7-13)24-17(19-21-22-24)18-12-14-10-11-23(20-14)15-4-2-3-5-15/h6-11,15H,2-5,12H2,1H3,(H,18,19,22). The zero-order chi connectivity index (χ0) is 16.4. The van der Waals surface area contributed by atoms with Crippen molar-refractivity contribution in [2.45, 2.75) is 45.2 Å². The number of benzene rings is 1. The molecule has 0 unspecified atom stereocenters. The van der Waals surface area contributed by atoms with Crippen LogP contribution in [-0.2, 0) is 6.54 Å². The van der Waals surface area contributed by atoms with Gasteiger partial charge in [0.15, 0.2) is 0 Å². The Morgan fingerprint density at radius 2 is 1.92 bits per heavy atom. The van der Waals surface area contributed by atoms with Gasteiger partial charge in [-0.2, -0.15) is 9.78 Å². The highest BCUT2D eigenvalue weighted by Gasteiger charge is 2.17. The van der Waals surface area contributed by atoms with Crippen LogP contribution in [0.15, 0.2) is 36.5 Å². The molecule has 7 nitrogen and oxygen atoms in total. The molecule has 2 heterocycles. The Bertz CT molecular complexity index is 796. The molecule has 0 bridgehead atoms. The minimum absolute atomic E-state index is 0.566. The Balaban J connectivity index is 1.45. The molecule has 1 aliphatic carbocycles. The van der Waals surface area contributed by atoms with Crippen LogP contribution in [0.2, 0.25) is 0 Å². The Labute approximate surface area is 140 Å². The van der Waals surface area contributed by atoms with Crippen LogP contribution in [0.3, 0.4) is 0 Å². The summed E-state index contributed by atoms with van der Waals surface area (Å²) in [5.74, 6) is 0.620. The maximum atomic E-state index is 4.68. The van der Waals surface area contributed by atoms with Gasteiger partial charge < -0.3 is 5.32 Å². The lowest BCUT2D eigenvalue weighted by atomic mass is 10.2. The molecule has 1 aromatic carbocycles. The molecule has 0 spiro atoms. The highest BCUT2D eigenvalue weighted by molar-refractivity contribution is 5.40. The van der Waals surface area contributed by atoms with Gasteiger partial charge in [-0.05, 0) is 48.4 Å². The molecule has 1 saturated carbocycles. The van der Waals surface area contributed by atoms with E-state index in [1.165, 1.54) is 31.2 Å². The number of hydrogen-bond donors (Lipinski definition) is 1. The number of tetrazole rings is 1. The minimum Gasteiger partial charge on any atom is -0.347 e. The number of aromatic nitrogens is 6. The van der Waals surface area contributed by atoms with Crippen LogP contribution in [0.4, 0.5) is 5.95 Å². The lowest BCUT2D eigenvalue weighted by molar-refractivity contribution is 0.463. The van der Waals surface area contributed by atoms with Gasteiger partial charge in [0.1, 0.15) is 0 Å². The quantitative estimate of drug-likeness (QED) is 0.781. The molecule has 0 aliphatic heterocycles. The van der Waals surface area contributed by atoms with Crippen LogP contribution in [0.5, 0.6) is 0 Å². The van der Waals surface area contributed by atoms with Crippen molar-refractivity contribution in [2.24, 2.45) is 0 Å². The van der Waals surface area contributed by atoms with Gasteiger partial charge >= 0.3 is 0 Å². The summed E-state index contributed by atoms with van der Waals surface area (Å²) < 4.78 is 3.81. The molecular formula is C17H21N7. The zero-order valence-corrected chi connectivity index (χ0v) is 13.8. The van der Waals surface area contributed by atoms with Crippen molar-refractivity contribution in [3.63, 3.8) is 0 Å². The van der Waals surface area contributed by atoms with Gasteiger partial charge in [-0.1, -0.05) is 35.6 Å². The summed E-state index contributed by atoms with van der Waals surface area (Å²) in [6, 6.07) is 10.7. The molecular weight excluding hydrogens is 302 g/mol. The molecule has 1 fully saturated rings. The van der Waals surface area contributed by atoms with E-state index in [2.05, 4.69) is 49.8 Å². The molecule has 1 aliphatic rings. The smallest absolute Gasteiger partial charge is 0.248 e. The van der Waals surface area contributed by atoms with Crippen LogP contribution >= 0.6 is 0 Å². The van der Waals surface area contributed by atoms with E-state index in [1.54, 1.807) is 4.68 Å². The maximum absolute atomic E-state index is 4.68. The second kappa shape index (κ2) is 6.43. The SMILES string of the molecule is Cc1ccc(-n2nnnc2NCc2ccn(C3CCCC3)n2)cc1. The van der Waals surface area contributed by atoms with Gasteiger partial charge in [-0.25, -0.2) is 0 Å². The maximum Gasteiger partial charge on any atom is 0.248 e. The Morgan fingerprint density at radius 3 is 2.71 bits per heavy atom. The monoisotopic (exact) mass is 323 g/mol. The van der Waals surface area contributed by atoms with Crippen molar-refractivity contribution in [2.75, 3.05) is 5.32 Å². The second-order valence-electron chi connectivity index (χ2n) is 6.33. The van der Waals surface area contributed by atoms with E-state index in [0.29, 0.717) is 18.5 Å². The van der Waals surface area contributed by atoms with Crippen LogP contribution < -0.4 is 5.32 Å². The number of aryl methyl sites for hydroxylation is 1. The summed E-state index contributed by atoms with van der Waals surface area (Å²) in [6.07, 6.45) is 7.17. The Morgan fingerprint density at radius 1 is 1.12 bits per heavy atom. The number of rotatable bonds is 5. The van der Waals surface area contributed by atoms with E-state index in [9.17, 15) is 0 Å². The van der Waals surface area contributed by atoms with Crippen molar-refractivity contribution in [3.05, 3.63) is 47.8 Å². The van der Waals surface area contributed by atoms with Gasteiger partial charge in [-0.15, -0.1) is 0 Å². The van der Waals surface area contributed by atoms with E-state index in [0.717, 1.165) is 11.4 Å². The number of nitrogens with zero attached hydrogens (tertiary/aromatic N) is 6. The highest BCUT2D eigenvalue weighted by atomic mass is 15.6. The average Bonchev–Trinajstić information content (AvgIpc) is 3.34. The second-order valence-corrected chi connectivity index (χ2v) is 6.33. The van der Waals surface area contributed by atoms with Crippen molar-refractivity contribution in [3.8, 4) is 5.69 Å². The first kappa shape index (κ1) is 14.9. The minimum atomic E-state index is 0.566. The summed E-state index contributed by atoms with van der Waals surface area (Å²) in [4.78, 5) is 0. The van der Waals surface area contributed by atoms with Gasteiger partial charge in [0.2, 0.25) is 5.95 Å². The van der Waals surface area contributed by atoms with E-state index >= 15 is 0 Å². The first-order chi connectivity index (χ1) is 11.8. The third-order valence-electron chi connectivity index (χ3n) is 4.54. The van der Waals surface area contributed by atoms with Crippen molar-refractivity contribution < 1.29 is 0 Å². The summed E-state index contributed by atoms with van der Waals surface area (Å²) in [6.45, 7) is 2.66. The molecule has 0 radical (unpaired) electrons. The van der Waals surface area contributed by atoms with E-state index in [-0.39, 0.29) is 0 Å². The van der Waals surface area contributed by atoms with E-state index in [1.807, 2.05) is 24.3 Å². The fraction of sp³-hybridized carbons (Fsp3) is 0.412. The lowest BCUT2D eigenvalue weighted by Crippen LogP contribution is -2.09. The fourth-order valence-electron chi connectivity index (χ4n) is 3.17. The molecule has 0 saturated heterocycles. The van der Waals surface area contributed by atoms with Gasteiger partial charge in [0, 0.05) is 6.20 Å². The van der Waals surface area contributed by atoms with Crippen LogP contribution in [-0.4, -0.2) is 30.0 Å². The first-order valence-electron chi connectivity index (χ1n) is 8.43. The summed E-state index contributed by atoms with van der Waals surface area (Å²) in [5.41, 5.74) is 3.14. The summed E-state index contributed by atoms with van der Waals surface area (Å²) in [7, 11) is 0. The molecule has 3 aromatic rings. The molecule has 2 aromatic heterocycles. The van der Waals surface area contributed by atoms with E-state index in [4.69, 9.17) is 0 Å². The topological polar surface area (TPSA) is 73.5 Å². The van der Waals surface area contributed by atoms with Crippen molar-refractivity contribution in [1.29, 1.82) is 0 Å². The molecule has 124 valence electrons. The third kappa shape index (κ3) is 3.02. The molecule has 24 heavy (non-hydrogen) atoms. The largest absolute Gasteiger partial charge is 0.347 e. The molecule has 1 N–H and O–H groups in total. The molecule has 4 rings (SSSR count). The van der Waals surface area contributed by atoms with Crippen LogP contribution in [0.25, 0.3) is 5.69 Å². The van der Waals surface area contributed by atoms with Gasteiger partial charge in [-0.3, -0.25) is 4.68 Å². The molecule has 7 heteroatoms. The Kier molecular flexibility index (Phi) is 3.98. The summed E-state index contributed by atoms with van der Waals surface area (Å²) in [5, 5.41) is 19.9. The number of nitrogens with one attached hydrogen (secondary N) is 1. The highest BCUT2D eigenvalue weighted by Crippen LogP contribution is 2.28. The predicted octanol–water partition coefficient (Wildman–Crippen LogP) is 2.89. The predicted molar refractivity (Wildman–Crippen MR) is 90.9 cm³/mol. The molecule has 0 amide bonds. The van der Waals surface area contributed by atoms with Gasteiger partial charge in [0.05, 0.1) is 24.0 Å².